The van der Waals surface area contributed by atoms with Crippen molar-refractivity contribution >= 4 is 39.7 Å². The molecule has 3 aromatic rings. The summed E-state index contributed by atoms with van der Waals surface area (Å²) in [6.45, 7) is 6.64. The standard InChI is InChI=1S/C28H22O6S2/c1-4-16-32-22-10-6-21(7-11-22)28(31)36-25-15-14-24(17-19(25)3)35-27(30)20-8-12-23(13-9-20)33-18-34-26(29)5-2/h5-15,17H,2,18H2,1,3H3. The molecule has 0 fully saturated rings. The van der Waals surface area contributed by atoms with Gasteiger partial charge < -0.3 is 14.2 Å². The lowest BCUT2D eigenvalue weighted by Crippen LogP contribution is -2.07. The first-order valence-corrected chi connectivity index (χ1v) is 12.3. The first-order chi connectivity index (χ1) is 17.4. The molecular formula is C28H22O6S2. The molecule has 0 heterocycles. The number of esters is 1. The van der Waals surface area contributed by atoms with Gasteiger partial charge in [-0.25, -0.2) is 4.79 Å². The van der Waals surface area contributed by atoms with Gasteiger partial charge in [-0.2, -0.15) is 0 Å². The summed E-state index contributed by atoms with van der Waals surface area (Å²) in [6.07, 6.45) is 3.56. The van der Waals surface area contributed by atoms with Gasteiger partial charge in [-0.05, 0) is 103 Å². The van der Waals surface area contributed by atoms with E-state index in [-0.39, 0.29) is 17.0 Å². The van der Waals surface area contributed by atoms with E-state index in [0.29, 0.717) is 22.6 Å². The van der Waals surface area contributed by atoms with E-state index in [1.54, 1.807) is 55.5 Å². The summed E-state index contributed by atoms with van der Waals surface area (Å²) in [7, 11) is 0. The number of hydrogen-bond acceptors (Lipinski definition) is 8. The normalized spacial score (nSPS) is 9.94. The molecule has 3 aromatic carbocycles. The van der Waals surface area contributed by atoms with Crippen molar-refractivity contribution in [1.29, 1.82) is 0 Å². The number of benzene rings is 3. The molecule has 0 aliphatic carbocycles. The largest absolute Gasteiger partial charge is 0.457 e. The van der Waals surface area contributed by atoms with Crippen molar-refractivity contribution < 1.29 is 28.6 Å². The van der Waals surface area contributed by atoms with E-state index < -0.39 is 5.97 Å². The molecule has 0 spiro atoms. The molecule has 0 aliphatic heterocycles. The van der Waals surface area contributed by atoms with Crippen LogP contribution in [0.2, 0.25) is 0 Å². The number of carbonyl (C=O) groups is 3. The van der Waals surface area contributed by atoms with Crippen molar-refractivity contribution in [3.63, 3.8) is 0 Å². The molecule has 36 heavy (non-hydrogen) atoms. The van der Waals surface area contributed by atoms with Crippen LogP contribution >= 0.6 is 23.5 Å². The Morgan fingerprint density at radius 2 is 1.50 bits per heavy atom. The SMILES string of the molecule is C=CC(=O)OCOc1ccc(C(=O)Sc2ccc(SC(=O)c3ccc(OC#CC)cc3)c(C)c2)cc1. The topological polar surface area (TPSA) is 78.9 Å². The highest BCUT2D eigenvalue weighted by Crippen LogP contribution is 2.31. The van der Waals surface area contributed by atoms with Crippen LogP contribution in [-0.2, 0) is 9.53 Å². The predicted molar refractivity (Wildman–Crippen MR) is 140 cm³/mol. The first-order valence-electron chi connectivity index (χ1n) is 10.7. The lowest BCUT2D eigenvalue weighted by Gasteiger charge is -2.09. The van der Waals surface area contributed by atoms with Crippen molar-refractivity contribution in [3.8, 4) is 23.5 Å². The van der Waals surface area contributed by atoms with Gasteiger partial charge in [0.25, 0.3) is 0 Å². The Morgan fingerprint density at radius 1 is 0.889 bits per heavy atom. The Bertz CT molecular complexity index is 1320. The minimum atomic E-state index is -0.579. The first kappa shape index (κ1) is 26.7. The quantitative estimate of drug-likeness (QED) is 0.108. The van der Waals surface area contributed by atoms with Crippen LogP contribution in [0, 0.1) is 19.0 Å². The third-order valence-electron chi connectivity index (χ3n) is 4.60. The molecule has 8 heteroatoms. The molecule has 6 nitrogen and oxygen atoms in total. The van der Waals surface area contributed by atoms with Crippen molar-refractivity contribution in [1.82, 2.24) is 0 Å². The highest BCUT2D eigenvalue weighted by atomic mass is 32.2. The van der Waals surface area contributed by atoms with Crippen LogP contribution < -0.4 is 9.47 Å². The number of carbonyl (C=O) groups excluding carboxylic acids is 3. The Labute approximate surface area is 218 Å². The molecule has 0 amide bonds. The van der Waals surface area contributed by atoms with Gasteiger partial charge in [0.15, 0.2) is 0 Å². The highest BCUT2D eigenvalue weighted by Gasteiger charge is 2.13. The molecule has 0 bridgehead atoms. The zero-order chi connectivity index (χ0) is 25.9. The van der Waals surface area contributed by atoms with Gasteiger partial charge in [-0.3, -0.25) is 9.59 Å². The zero-order valence-electron chi connectivity index (χ0n) is 19.6. The summed E-state index contributed by atoms with van der Waals surface area (Å²) in [6, 6.07) is 18.9. The van der Waals surface area contributed by atoms with Crippen LogP contribution in [0.5, 0.6) is 11.5 Å². The maximum Gasteiger partial charge on any atom is 0.333 e. The average molecular weight is 519 g/mol. The van der Waals surface area contributed by atoms with E-state index in [0.717, 1.165) is 45.0 Å². The van der Waals surface area contributed by atoms with Gasteiger partial charge in [0.05, 0.1) is 0 Å². The van der Waals surface area contributed by atoms with Crippen molar-refractivity contribution in [2.75, 3.05) is 6.79 Å². The van der Waals surface area contributed by atoms with Crippen LogP contribution in [0.4, 0.5) is 0 Å². The molecular weight excluding hydrogens is 496 g/mol. The van der Waals surface area contributed by atoms with Crippen LogP contribution in [-0.4, -0.2) is 23.0 Å². The monoisotopic (exact) mass is 518 g/mol. The minimum absolute atomic E-state index is 0.0933. The number of thioether (sulfide) groups is 2. The third-order valence-corrected chi connectivity index (χ3v) is 6.61. The maximum atomic E-state index is 12.7. The van der Waals surface area contributed by atoms with E-state index >= 15 is 0 Å². The average Bonchev–Trinajstić information content (AvgIpc) is 2.89. The fourth-order valence-corrected chi connectivity index (χ4v) is 4.44. The molecule has 0 radical (unpaired) electrons. The fraction of sp³-hybridized carbons (Fsp3) is 0.107. The predicted octanol–water partition coefficient (Wildman–Crippen LogP) is 6.29. The Hall–Kier alpha value is -3.93. The minimum Gasteiger partial charge on any atom is -0.457 e. The van der Waals surface area contributed by atoms with E-state index in [2.05, 4.69) is 18.6 Å². The molecule has 0 saturated carbocycles. The molecule has 0 atom stereocenters. The second kappa shape index (κ2) is 13.2. The highest BCUT2D eigenvalue weighted by molar-refractivity contribution is 8.14. The summed E-state index contributed by atoms with van der Waals surface area (Å²) >= 11 is 2.22. The van der Waals surface area contributed by atoms with Crippen LogP contribution in [0.3, 0.4) is 0 Å². The third kappa shape index (κ3) is 7.80. The molecule has 0 aliphatic rings. The van der Waals surface area contributed by atoms with Crippen LogP contribution in [0.15, 0.2) is 89.2 Å². The number of ether oxygens (including phenoxy) is 3. The van der Waals surface area contributed by atoms with Crippen molar-refractivity contribution in [3.05, 3.63) is 96.1 Å². The van der Waals surface area contributed by atoms with Crippen molar-refractivity contribution in [2.24, 2.45) is 0 Å². The Morgan fingerprint density at radius 3 is 2.08 bits per heavy atom. The molecule has 0 aromatic heterocycles. The van der Waals surface area contributed by atoms with Gasteiger partial charge in [-0.15, -0.1) is 0 Å². The Kier molecular flexibility index (Phi) is 9.81. The van der Waals surface area contributed by atoms with Crippen LogP contribution in [0.25, 0.3) is 0 Å². The van der Waals surface area contributed by atoms with E-state index in [1.807, 2.05) is 25.1 Å². The summed E-state index contributed by atoms with van der Waals surface area (Å²) in [4.78, 5) is 38.0. The Balaban J connectivity index is 1.57. The lowest BCUT2D eigenvalue weighted by molar-refractivity contribution is -0.144. The lowest BCUT2D eigenvalue weighted by atomic mass is 10.2. The zero-order valence-corrected chi connectivity index (χ0v) is 21.2. The fourth-order valence-electron chi connectivity index (χ4n) is 2.80. The smallest absolute Gasteiger partial charge is 0.333 e. The summed E-state index contributed by atoms with van der Waals surface area (Å²) in [5.74, 6) is 3.10. The molecule has 3 rings (SSSR count). The van der Waals surface area contributed by atoms with Gasteiger partial charge >= 0.3 is 5.97 Å². The molecule has 0 saturated heterocycles. The molecule has 0 unspecified atom stereocenters. The van der Waals surface area contributed by atoms with Gasteiger partial charge in [0.1, 0.15) is 17.6 Å². The number of hydrogen-bond donors (Lipinski definition) is 0. The second-order valence-corrected chi connectivity index (χ2v) is 9.20. The molecule has 182 valence electrons. The summed E-state index contributed by atoms with van der Waals surface area (Å²) in [5.41, 5.74) is 1.94. The van der Waals surface area contributed by atoms with Gasteiger partial charge in [0, 0.05) is 33.9 Å². The summed E-state index contributed by atoms with van der Waals surface area (Å²) in [5, 5.41) is -0.227. The van der Waals surface area contributed by atoms with E-state index in [9.17, 15) is 14.4 Å². The maximum absolute atomic E-state index is 12.7. The van der Waals surface area contributed by atoms with E-state index in [4.69, 9.17) is 14.2 Å². The van der Waals surface area contributed by atoms with Gasteiger partial charge in [0.2, 0.25) is 17.0 Å². The second-order valence-electron chi connectivity index (χ2n) is 7.14. The summed E-state index contributed by atoms with van der Waals surface area (Å²) < 4.78 is 15.3. The number of rotatable bonds is 9. The van der Waals surface area contributed by atoms with Crippen molar-refractivity contribution in [2.45, 2.75) is 23.6 Å². The molecule has 0 N–H and O–H groups in total. The van der Waals surface area contributed by atoms with Crippen LogP contribution in [0.1, 0.15) is 33.2 Å². The number of aryl methyl sites for hydroxylation is 1. The van der Waals surface area contributed by atoms with E-state index in [1.165, 1.54) is 0 Å². The van der Waals surface area contributed by atoms with Gasteiger partial charge in [-0.1, -0.05) is 12.5 Å².